The molecule has 0 saturated carbocycles. The van der Waals surface area contributed by atoms with Crippen LogP contribution in [0.4, 0.5) is 23.0 Å². The topological polar surface area (TPSA) is 103 Å². The lowest BCUT2D eigenvalue weighted by Crippen LogP contribution is -2.02. The van der Waals surface area contributed by atoms with Crippen molar-refractivity contribution in [2.45, 2.75) is 6.92 Å². The third-order valence-corrected chi connectivity index (χ3v) is 3.29. The molecule has 0 aliphatic carbocycles. The third kappa shape index (κ3) is 2.80. The fourth-order valence-corrected chi connectivity index (χ4v) is 2.10. The Morgan fingerprint density at radius 1 is 1.05 bits per heavy atom. The minimum Gasteiger partial charge on any atom is -0.397 e. The first-order chi connectivity index (χ1) is 10.6. The molecule has 5 N–H and O–H groups in total. The molecule has 6 heteroatoms. The lowest BCUT2D eigenvalue weighted by molar-refractivity contribution is 1.16. The average molecular weight is 292 g/mol. The van der Waals surface area contributed by atoms with Gasteiger partial charge < -0.3 is 16.8 Å². The zero-order valence-electron chi connectivity index (χ0n) is 12.1. The first-order valence-corrected chi connectivity index (χ1v) is 6.79. The Labute approximate surface area is 128 Å². The monoisotopic (exact) mass is 292 g/mol. The number of rotatable bonds is 3. The largest absolute Gasteiger partial charge is 0.397 e. The van der Waals surface area contributed by atoms with Crippen LogP contribution in [0, 0.1) is 6.92 Å². The molecule has 2 aromatic heterocycles. The number of aromatic nitrogens is 3. The normalized spacial score (nSPS) is 10.4. The second-order valence-corrected chi connectivity index (χ2v) is 4.93. The number of nitrogens with one attached hydrogen (secondary N) is 1. The molecule has 0 saturated heterocycles. The predicted molar refractivity (Wildman–Crippen MR) is 88.5 cm³/mol. The Hall–Kier alpha value is -3.15. The maximum Gasteiger partial charge on any atom is 0.227 e. The van der Waals surface area contributed by atoms with Crippen molar-refractivity contribution in [2.75, 3.05) is 16.8 Å². The van der Waals surface area contributed by atoms with Crippen LogP contribution in [0.3, 0.4) is 0 Å². The lowest BCUT2D eigenvalue weighted by Gasteiger charge is -2.11. The van der Waals surface area contributed by atoms with Crippen LogP contribution in [-0.2, 0) is 0 Å². The Bertz CT molecular complexity index is 801. The van der Waals surface area contributed by atoms with Crippen LogP contribution in [0.15, 0.2) is 48.9 Å². The second kappa shape index (κ2) is 5.69. The standard InChI is InChI=1S/C16H16N6/c1-10-7-12(17)13(18)8-15(10)22-16-20-6-4-14(21-16)11-3-2-5-19-9-11/h2-9H,17-18H2,1H3,(H,20,21,22). The van der Waals surface area contributed by atoms with E-state index in [2.05, 4.69) is 20.3 Å². The minimum atomic E-state index is 0.494. The van der Waals surface area contributed by atoms with Crippen LogP contribution >= 0.6 is 0 Å². The highest BCUT2D eigenvalue weighted by molar-refractivity contribution is 5.74. The molecule has 2 heterocycles. The molecular formula is C16H16N6. The summed E-state index contributed by atoms with van der Waals surface area (Å²) in [5.41, 5.74) is 16.3. The summed E-state index contributed by atoms with van der Waals surface area (Å²) in [5, 5.41) is 3.17. The van der Waals surface area contributed by atoms with Crippen molar-refractivity contribution in [3.05, 3.63) is 54.5 Å². The fraction of sp³-hybridized carbons (Fsp3) is 0.0625. The molecule has 0 aliphatic rings. The van der Waals surface area contributed by atoms with Gasteiger partial charge in [0.25, 0.3) is 0 Å². The molecule has 0 bridgehead atoms. The van der Waals surface area contributed by atoms with Gasteiger partial charge in [0, 0.05) is 29.8 Å². The molecule has 110 valence electrons. The van der Waals surface area contributed by atoms with Gasteiger partial charge in [-0.1, -0.05) is 0 Å². The van der Waals surface area contributed by atoms with Gasteiger partial charge in [-0.15, -0.1) is 0 Å². The Balaban J connectivity index is 1.92. The molecule has 3 rings (SSSR count). The Morgan fingerprint density at radius 2 is 1.86 bits per heavy atom. The summed E-state index contributed by atoms with van der Waals surface area (Å²) in [7, 11) is 0. The van der Waals surface area contributed by atoms with E-state index in [4.69, 9.17) is 11.5 Å². The van der Waals surface area contributed by atoms with Gasteiger partial charge in [-0.25, -0.2) is 9.97 Å². The van der Waals surface area contributed by atoms with E-state index in [-0.39, 0.29) is 0 Å². The van der Waals surface area contributed by atoms with Gasteiger partial charge in [0.1, 0.15) is 0 Å². The van der Waals surface area contributed by atoms with E-state index < -0.39 is 0 Å². The molecule has 22 heavy (non-hydrogen) atoms. The number of hydrogen-bond acceptors (Lipinski definition) is 6. The number of pyridine rings is 1. The third-order valence-electron chi connectivity index (χ3n) is 3.29. The summed E-state index contributed by atoms with van der Waals surface area (Å²) in [6.07, 6.45) is 5.19. The van der Waals surface area contributed by atoms with Gasteiger partial charge in [0.15, 0.2) is 0 Å². The highest BCUT2D eigenvalue weighted by Crippen LogP contribution is 2.26. The number of nitrogen functional groups attached to an aromatic ring is 2. The molecule has 0 fully saturated rings. The van der Waals surface area contributed by atoms with Crippen LogP contribution in [-0.4, -0.2) is 15.0 Å². The van der Waals surface area contributed by atoms with Crippen LogP contribution in [0.2, 0.25) is 0 Å². The van der Waals surface area contributed by atoms with Gasteiger partial charge in [-0.2, -0.15) is 0 Å². The first-order valence-electron chi connectivity index (χ1n) is 6.79. The average Bonchev–Trinajstić information content (AvgIpc) is 2.54. The number of anilines is 4. The summed E-state index contributed by atoms with van der Waals surface area (Å²) in [6, 6.07) is 9.26. The maximum atomic E-state index is 5.85. The number of hydrogen-bond donors (Lipinski definition) is 3. The van der Waals surface area contributed by atoms with E-state index in [1.165, 1.54) is 0 Å². The van der Waals surface area contributed by atoms with E-state index in [1.807, 2.05) is 31.2 Å². The van der Waals surface area contributed by atoms with Crippen molar-refractivity contribution >= 4 is 23.0 Å². The molecule has 0 aliphatic heterocycles. The van der Waals surface area contributed by atoms with Crippen LogP contribution in [0.5, 0.6) is 0 Å². The van der Waals surface area contributed by atoms with Gasteiger partial charge in [0.05, 0.1) is 17.1 Å². The Morgan fingerprint density at radius 3 is 2.64 bits per heavy atom. The molecular weight excluding hydrogens is 276 g/mol. The lowest BCUT2D eigenvalue weighted by atomic mass is 10.1. The molecule has 0 radical (unpaired) electrons. The van der Waals surface area contributed by atoms with Crippen molar-refractivity contribution in [3.8, 4) is 11.3 Å². The quantitative estimate of drug-likeness (QED) is 0.641. The van der Waals surface area contributed by atoms with Crippen molar-refractivity contribution in [2.24, 2.45) is 0 Å². The smallest absolute Gasteiger partial charge is 0.227 e. The summed E-state index contributed by atoms with van der Waals surface area (Å²) in [5.74, 6) is 0.494. The van der Waals surface area contributed by atoms with E-state index in [0.29, 0.717) is 17.3 Å². The van der Waals surface area contributed by atoms with Gasteiger partial charge >= 0.3 is 0 Å². The van der Waals surface area contributed by atoms with Crippen molar-refractivity contribution in [3.63, 3.8) is 0 Å². The summed E-state index contributed by atoms with van der Waals surface area (Å²) in [6.45, 7) is 1.95. The molecule has 6 nitrogen and oxygen atoms in total. The van der Waals surface area contributed by atoms with E-state index in [0.717, 1.165) is 22.5 Å². The van der Waals surface area contributed by atoms with E-state index >= 15 is 0 Å². The first kappa shape index (κ1) is 13.8. The molecule has 0 atom stereocenters. The summed E-state index contributed by atoms with van der Waals surface area (Å²) < 4.78 is 0. The van der Waals surface area contributed by atoms with Crippen molar-refractivity contribution < 1.29 is 0 Å². The number of nitrogens with zero attached hydrogens (tertiary/aromatic N) is 3. The molecule has 1 aromatic carbocycles. The van der Waals surface area contributed by atoms with Crippen LogP contribution in [0.25, 0.3) is 11.3 Å². The van der Waals surface area contributed by atoms with Gasteiger partial charge in [0.2, 0.25) is 5.95 Å². The molecule has 0 unspecified atom stereocenters. The SMILES string of the molecule is Cc1cc(N)c(N)cc1Nc1nccc(-c2cccnc2)n1. The zero-order chi connectivity index (χ0) is 15.5. The summed E-state index contributed by atoms with van der Waals surface area (Å²) >= 11 is 0. The van der Waals surface area contributed by atoms with Gasteiger partial charge in [-0.05, 0) is 42.8 Å². The fourth-order valence-electron chi connectivity index (χ4n) is 2.10. The number of nitrogens with two attached hydrogens (primary N) is 2. The molecule has 0 amide bonds. The van der Waals surface area contributed by atoms with Crippen molar-refractivity contribution in [1.29, 1.82) is 0 Å². The zero-order valence-corrected chi connectivity index (χ0v) is 12.1. The highest BCUT2D eigenvalue weighted by atomic mass is 15.1. The summed E-state index contributed by atoms with van der Waals surface area (Å²) in [4.78, 5) is 12.8. The van der Waals surface area contributed by atoms with Gasteiger partial charge in [-0.3, -0.25) is 4.98 Å². The number of aryl methyl sites for hydroxylation is 1. The predicted octanol–water partition coefficient (Wildman–Crippen LogP) is 2.76. The van der Waals surface area contributed by atoms with E-state index in [9.17, 15) is 0 Å². The molecule has 0 spiro atoms. The Kier molecular flexibility index (Phi) is 3.57. The van der Waals surface area contributed by atoms with Crippen molar-refractivity contribution in [1.82, 2.24) is 15.0 Å². The van der Waals surface area contributed by atoms with Crippen LogP contribution in [0.1, 0.15) is 5.56 Å². The number of benzene rings is 1. The molecule has 3 aromatic rings. The van der Waals surface area contributed by atoms with E-state index in [1.54, 1.807) is 24.7 Å². The second-order valence-electron chi connectivity index (χ2n) is 4.93. The van der Waals surface area contributed by atoms with Crippen LogP contribution < -0.4 is 16.8 Å². The highest BCUT2D eigenvalue weighted by Gasteiger charge is 2.06. The maximum absolute atomic E-state index is 5.85. The minimum absolute atomic E-state index is 0.494.